The van der Waals surface area contributed by atoms with Gasteiger partial charge < -0.3 is 15.4 Å². The van der Waals surface area contributed by atoms with Gasteiger partial charge in [-0.15, -0.1) is 0 Å². The van der Waals surface area contributed by atoms with E-state index < -0.39 is 0 Å². The highest BCUT2D eigenvalue weighted by Gasteiger charge is 2.11. The van der Waals surface area contributed by atoms with Crippen LogP contribution in [-0.2, 0) is 6.54 Å². The van der Waals surface area contributed by atoms with Gasteiger partial charge in [-0.1, -0.05) is 12.1 Å². The number of rotatable bonds is 4. The van der Waals surface area contributed by atoms with Gasteiger partial charge in [0, 0.05) is 18.0 Å². The molecule has 0 saturated heterocycles. The molecular weight excluding hydrogens is 295 g/mol. The summed E-state index contributed by atoms with van der Waals surface area (Å²) in [5.74, 6) is 1.27. The SMILES string of the molecule is COc1cncc(C2=CNCC(=NCc3ccc(F)cc3)N2)c1. The van der Waals surface area contributed by atoms with Gasteiger partial charge in [-0.05, 0) is 23.8 Å². The van der Waals surface area contributed by atoms with Gasteiger partial charge in [-0.2, -0.15) is 0 Å². The number of ether oxygens (including phenoxy) is 1. The lowest BCUT2D eigenvalue weighted by Gasteiger charge is -2.19. The zero-order valence-corrected chi connectivity index (χ0v) is 12.7. The number of pyridine rings is 1. The standard InChI is InChI=1S/C17H17FN4O/c1-23-15-6-13(8-19-9-15)16-10-20-11-17(22-16)21-7-12-2-4-14(18)5-3-12/h2-6,8-10,20H,7,11H2,1H3,(H,21,22). The first-order valence-corrected chi connectivity index (χ1v) is 7.22. The molecule has 1 aromatic heterocycles. The molecule has 118 valence electrons. The van der Waals surface area contributed by atoms with Crippen molar-refractivity contribution in [3.63, 3.8) is 0 Å². The molecular formula is C17H17FN4O. The van der Waals surface area contributed by atoms with E-state index in [1.165, 1.54) is 12.1 Å². The molecule has 0 atom stereocenters. The average molecular weight is 312 g/mol. The number of aromatic nitrogens is 1. The van der Waals surface area contributed by atoms with Crippen LogP contribution in [0.4, 0.5) is 4.39 Å². The monoisotopic (exact) mass is 312 g/mol. The number of amidine groups is 1. The zero-order valence-electron chi connectivity index (χ0n) is 12.7. The number of halogens is 1. The number of hydrogen-bond acceptors (Lipinski definition) is 4. The Labute approximate surface area is 133 Å². The lowest BCUT2D eigenvalue weighted by molar-refractivity contribution is 0.412. The lowest BCUT2D eigenvalue weighted by atomic mass is 10.2. The summed E-state index contributed by atoms with van der Waals surface area (Å²) in [4.78, 5) is 8.68. The smallest absolute Gasteiger partial charge is 0.137 e. The Morgan fingerprint density at radius 1 is 1.26 bits per heavy atom. The summed E-state index contributed by atoms with van der Waals surface area (Å²) in [7, 11) is 1.61. The third-order valence-corrected chi connectivity index (χ3v) is 3.42. The van der Waals surface area contributed by atoms with Crippen LogP contribution in [-0.4, -0.2) is 24.5 Å². The van der Waals surface area contributed by atoms with Gasteiger partial charge in [0.25, 0.3) is 0 Å². The van der Waals surface area contributed by atoms with Crippen LogP contribution in [0.15, 0.2) is 53.9 Å². The fraction of sp³-hybridized carbons (Fsp3) is 0.176. The summed E-state index contributed by atoms with van der Waals surface area (Å²) in [5.41, 5.74) is 2.74. The summed E-state index contributed by atoms with van der Waals surface area (Å²) < 4.78 is 18.1. The number of aliphatic imine (C=N–C) groups is 1. The van der Waals surface area contributed by atoms with E-state index in [9.17, 15) is 4.39 Å². The molecule has 5 nitrogen and oxygen atoms in total. The van der Waals surface area contributed by atoms with Crippen molar-refractivity contribution in [2.45, 2.75) is 6.54 Å². The topological polar surface area (TPSA) is 58.5 Å². The zero-order chi connectivity index (χ0) is 16.1. The molecule has 2 aromatic rings. The minimum atomic E-state index is -0.241. The number of hydrogen-bond donors (Lipinski definition) is 2. The Morgan fingerprint density at radius 3 is 2.87 bits per heavy atom. The Hall–Kier alpha value is -2.89. The second-order valence-corrected chi connectivity index (χ2v) is 5.07. The molecule has 1 aliphatic heterocycles. The molecule has 0 aliphatic carbocycles. The maximum absolute atomic E-state index is 12.9. The molecule has 3 rings (SSSR count). The van der Waals surface area contributed by atoms with Crippen molar-refractivity contribution in [3.8, 4) is 5.75 Å². The minimum Gasteiger partial charge on any atom is -0.495 e. The number of benzene rings is 1. The number of nitrogens with one attached hydrogen (secondary N) is 2. The molecule has 0 spiro atoms. The largest absolute Gasteiger partial charge is 0.495 e. The molecule has 1 aliphatic rings. The van der Waals surface area contributed by atoms with E-state index in [2.05, 4.69) is 20.6 Å². The molecule has 2 N–H and O–H groups in total. The molecule has 6 heteroatoms. The van der Waals surface area contributed by atoms with E-state index in [0.29, 0.717) is 18.8 Å². The van der Waals surface area contributed by atoms with Crippen LogP contribution in [0.1, 0.15) is 11.1 Å². The van der Waals surface area contributed by atoms with Crippen LogP contribution in [0.5, 0.6) is 5.75 Å². The summed E-state index contributed by atoms with van der Waals surface area (Å²) >= 11 is 0. The first-order chi connectivity index (χ1) is 11.2. The normalized spacial score (nSPS) is 15.6. The molecule has 0 amide bonds. The second-order valence-electron chi connectivity index (χ2n) is 5.07. The fourth-order valence-corrected chi connectivity index (χ4v) is 2.19. The van der Waals surface area contributed by atoms with E-state index in [0.717, 1.165) is 22.7 Å². The number of nitrogens with zero attached hydrogens (tertiary/aromatic N) is 2. The molecule has 0 unspecified atom stereocenters. The maximum Gasteiger partial charge on any atom is 0.137 e. The van der Waals surface area contributed by atoms with Crippen LogP contribution in [0.2, 0.25) is 0 Å². The van der Waals surface area contributed by atoms with E-state index in [-0.39, 0.29) is 5.82 Å². The highest BCUT2D eigenvalue weighted by molar-refractivity contribution is 5.94. The van der Waals surface area contributed by atoms with E-state index in [1.807, 2.05) is 12.3 Å². The van der Waals surface area contributed by atoms with Crippen molar-refractivity contribution in [2.75, 3.05) is 13.7 Å². The van der Waals surface area contributed by atoms with Crippen molar-refractivity contribution in [2.24, 2.45) is 4.99 Å². The summed E-state index contributed by atoms with van der Waals surface area (Å²) in [5, 5.41) is 6.46. The van der Waals surface area contributed by atoms with Crippen LogP contribution in [0.3, 0.4) is 0 Å². The van der Waals surface area contributed by atoms with Crippen LogP contribution >= 0.6 is 0 Å². The van der Waals surface area contributed by atoms with Gasteiger partial charge in [-0.3, -0.25) is 9.98 Å². The van der Waals surface area contributed by atoms with Crippen LogP contribution in [0.25, 0.3) is 5.70 Å². The third kappa shape index (κ3) is 3.85. The highest BCUT2D eigenvalue weighted by Crippen LogP contribution is 2.17. The molecule has 2 heterocycles. The third-order valence-electron chi connectivity index (χ3n) is 3.42. The molecule has 0 saturated carbocycles. The molecule has 0 radical (unpaired) electrons. The van der Waals surface area contributed by atoms with E-state index in [4.69, 9.17) is 4.74 Å². The summed E-state index contributed by atoms with van der Waals surface area (Å²) in [6.07, 6.45) is 5.29. The van der Waals surface area contributed by atoms with Gasteiger partial charge in [-0.25, -0.2) is 4.39 Å². The van der Waals surface area contributed by atoms with Gasteiger partial charge in [0.05, 0.1) is 32.1 Å². The lowest BCUT2D eigenvalue weighted by Crippen LogP contribution is -2.36. The van der Waals surface area contributed by atoms with E-state index in [1.54, 1.807) is 31.6 Å². The van der Waals surface area contributed by atoms with E-state index >= 15 is 0 Å². The Kier molecular flexibility index (Phi) is 4.52. The van der Waals surface area contributed by atoms with Gasteiger partial charge >= 0.3 is 0 Å². The van der Waals surface area contributed by atoms with Crippen LogP contribution in [0, 0.1) is 5.82 Å². The Morgan fingerprint density at radius 2 is 2.09 bits per heavy atom. The fourth-order valence-electron chi connectivity index (χ4n) is 2.19. The minimum absolute atomic E-state index is 0.241. The van der Waals surface area contributed by atoms with Crippen molar-refractivity contribution in [1.29, 1.82) is 0 Å². The van der Waals surface area contributed by atoms with Crippen molar-refractivity contribution < 1.29 is 9.13 Å². The first kappa shape index (κ1) is 15.0. The Balaban J connectivity index is 1.70. The average Bonchev–Trinajstić information content (AvgIpc) is 2.61. The Bertz CT molecular complexity index is 741. The van der Waals surface area contributed by atoms with Gasteiger partial charge in [0.2, 0.25) is 0 Å². The second kappa shape index (κ2) is 6.91. The predicted molar refractivity (Wildman–Crippen MR) is 87.4 cm³/mol. The number of methoxy groups -OCH3 is 1. The quantitative estimate of drug-likeness (QED) is 0.910. The molecule has 0 bridgehead atoms. The van der Waals surface area contributed by atoms with Gasteiger partial charge in [0.15, 0.2) is 0 Å². The first-order valence-electron chi connectivity index (χ1n) is 7.22. The summed E-state index contributed by atoms with van der Waals surface area (Å²) in [6.45, 7) is 1.11. The van der Waals surface area contributed by atoms with Crippen molar-refractivity contribution in [3.05, 3.63) is 65.9 Å². The van der Waals surface area contributed by atoms with Crippen molar-refractivity contribution in [1.82, 2.24) is 15.6 Å². The maximum atomic E-state index is 12.9. The van der Waals surface area contributed by atoms with Crippen LogP contribution < -0.4 is 15.4 Å². The molecule has 0 fully saturated rings. The predicted octanol–water partition coefficient (Wildman–Crippen LogP) is 2.32. The summed E-state index contributed by atoms with van der Waals surface area (Å²) in [6, 6.07) is 8.25. The highest BCUT2D eigenvalue weighted by atomic mass is 19.1. The van der Waals surface area contributed by atoms with Crippen molar-refractivity contribution >= 4 is 11.5 Å². The molecule has 23 heavy (non-hydrogen) atoms. The van der Waals surface area contributed by atoms with Gasteiger partial charge in [0.1, 0.15) is 17.4 Å². The molecule has 1 aromatic carbocycles.